The zero-order valence-corrected chi connectivity index (χ0v) is 35.8. The third-order valence-corrected chi connectivity index (χ3v) is 14.9. The maximum atomic E-state index is 5.22. The number of hydrogen-bond donors (Lipinski definition) is 0. The second-order valence-electron chi connectivity index (χ2n) is 18.9. The number of aromatic nitrogens is 3. The van der Waals surface area contributed by atoms with Crippen LogP contribution in [-0.2, 0) is 0 Å². The summed E-state index contributed by atoms with van der Waals surface area (Å²) >= 11 is 0. The van der Waals surface area contributed by atoms with Crippen LogP contribution >= 0.6 is 0 Å². The number of hydrogen-bond acceptors (Lipinski definition) is 3. The van der Waals surface area contributed by atoms with E-state index in [1.165, 1.54) is 162 Å². The van der Waals surface area contributed by atoms with Gasteiger partial charge in [0.2, 0.25) is 0 Å². The third kappa shape index (κ3) is 8.93. The molecule has 60 heavy (non-hydrogen) atoms. The smallest absolute Gasteiger partial charge is 0.164 e. The minimum atomic E-state index is 0.668. The molecule has 1 aromatic heterocycles. The summed E-state index contributed by atoms with van der Waals surface area (Å²) in [6, 6.07) is 44.0. The molecule has 306 valence electrons. The van der Waals surface area contributed by atoms with Crippen LogP contribution in [0.2, 0.25) is 0 Å². The Kier molecular flexibility index (Phi) is 12.0. The first-order valence-electron chi connectivity index (χ1n) is 24.0. The van der Waals surface area contributed by atoms with Crippen molar-refractivity contribution in [3.05, 3.63) is 138 Å². The Bertz CT molecular complexity index is 2240. The Labute approximate surface area is 359 Å². The molecule has 1 heterocycles. The monoisotopic (exact) mass is 790 g/mol. The van der Waals surface area contributed by atoms with E-state index >= 15 is 0 Å². The van der Waals surface area contributed by atoms with Gasteiger partial charge in [-0.15, -0.1) is 0 Å². The predicted octanol–water partition coefficient (Wildman–Crippen LogP) is 16.4. The topological polar surface area (TPSA) is 38.7 Å². The Morgan fingerprint density at radius 2 is 0.567 bits per heavy atom. The van der Waals surface area contributed by atoms with Crippen molar-refractivity contribution < 1.29 is 0 Å². The van der Waals surface area contributed by atoms with Crippen LogP contribution in [0.25, 0.3) is 56.4 Å². The molecule has 4 fully saturated rings. The van der Waals surface area contributed by atoms with Gasteiger partial charge in [0.25, 0.3) is 0 Å². The lowest BCUT2D eigenvalue weighted by atomic mass is 9.78. The summed E-state index contributed by atoms with van der Waals surface area (Å²) in [5.41, 5.74) is 14.3. The Hall–Kier alpha value is -4.89. The second kappa shape index (κ2) is 18.4. The van der Waals surface area contributed by atoms with E-state index in [9.17, 15) is 0 Å². The largest absolute Gasteiger partial charge is 0.208 e. The summed E-state index contributed by atoms with van der Waals surface area (Å²) in [4.78, 5) is 15.6. The van der Waals surface area contributed by atoms with E-state index in [4.69, 9.17) is 15.0 Å². The SMILES string of the molecule is c1cc(-c2cccc(-c3nc(-c4ccc(C5CCCCC5)cc4)nc(-c4ccc(C5CCCCC5)cc4)n3)c2)cc(-c2cc(C3CCCCC3)cc(C3CCCCC3)c2)c1. The standard InChI is InChI=1S/C57H63N3/c1-5-15-40(16-6-1)44-27-31-46(32-28-44)55-58-56(47-33-29-45(30-34-47)41-17-7-2-8-18-41)60-57(59-55)51-26-14-24-49(36-51)48-23-13-25-50(35-48)54-38-52(42-19-9-3-10-20-42)37-53(39-54)43-21-11-4-12-22-43/h13-14,23-43H,1-12,15-22H2. The van der Waals surface area contributed by atoms with Gasteiger partial charge in [0.15, 0.2) is 17.5 Å². The van der Waals surface area contributed by atoms with Crippen LogP contribution in [0.5, 0.6) is 0 Å². The van der Waals surface area contributed by atoms with Gasteiger partial charge in [0.1, 0.15) is 0 Å². The van der Waals surface area contributed by atoms with E-state index < -0.39 is 0 Å². The average molecular weight is 790 g/mol. The molecule has 4 aliphatic carbocycles. The van der Waals surface area contributed by atoms with Crippen molar-refractivity contribution in [2.24, 2.45) is 0 Å². The summed E-state index contributed by atoms with van der Waals surface area (Å²) in [7, 11) is 0. The fraction of sp³-hybridized carbons (Fsp3) is 0.421. The Balaban J connectivity index is 0.995. The van der Waals surface area contributed by atoms with Gasteiger partial charge >= 0.3 is 0 Å². The summed E-state index contributed by atoms with van der Waals surface area (Å²) in [6.07, 6.45) is 26.8. The van der Waals surface area contributed by atoms with Gasteiger partial charge in [0, 0.05) is 16.7 Å². The number of benzene rings is 5. The van der Waals surface area contributed by atoms with Gasteiger partial charge in [-0.2, -0.15) is 0 Å². The molecule has 0 spiro atoms. The molecule has 4 aliphatic rings. The Morgan fingerprint density at radius 1 is 0.250 bits per heavy atom. The molecule has 0 unspecified atom stereocenters. The highest BCUT2D eigenvalue weighted by atomic mass is 15.0. The lowest BCUT2D eigenvalue weighted by Crippen LogP contribution is -2.08. The lowest BCUT2D eigenvalue weighted by molar-refractivity contribution is 0.435. The minimum Gasteiger partial charge on any atom is -0.208 e. The van der Waals surface area contributed by atoms with Crippen LogP contribution in [0.4, 0.5) is 0 Å². The van der Waals surface area contributed by atoms with E-state index in [0.29, 0.717) is 23.7 Å². The van der Waals surface area contributed by atoms with Gasteiger partial charge in [-0.3, -0.25) is 0 Å². The van der Waals surface area contributed by atoms with E-state index in [2.05, 4.69) is 115 Å². The van der Waals surface area contributed by atoms with Gasteiger partial charge in [-0.1, -0.05) is 180 Å². The van der Waals surface area contributed by atoms with Gasteiger partial charge in [-0.05, 0) is 132 Å². The molecule has 10 rings (SSSR count). The average Bonchev–Trinajstić information content (AvgIpc) is 3.35. The molecule has 0 aliphatic heterocycles. The van der Waals surface area contributed by atoms with Crippen LogP contribution in [0.3, 0.4) is 0 Å². The Morgan fingerprint density at radius 3 is 0.967 bits per heavy atom. The molecule has 0 amide bonds. The highest BCUT2D eigenvalue weighted by molar-refractivity contribution is 5.77. The molecule has 0 radical (unpaired) electrons. The zero-order valence-electron chi connectivity index (χ0n) is 35.8. The van der Waals surface area contributed by atoms with Crippen LogP contribution in [-0.4, -0.2) is 15.0 Å². The summed E-state index contributed by atoms with van der Waals surface area (Å²) in [5.74, 6) is 4.92. The molecule has 0 N–H and O–H groups in total. The third-order valence-electron chi connectivity index (χ3n) is 14.9. The highest BCUT2D eigenvalue weighted by Crippen LogP contribution is 2.41. The van der Waals surface area contributed by atoms with Gasteiger partial charge in [-0.25, -0.2) is 15.0 Å². The van der Waals surface area contributed by atoms with Gasteiger partial charge in [0.05, 0.1) is 0 Å². The molecule has 3 heteroatoms. The fourth-order valence-corrected chi connectivity index (χ4v) is 11.3. The van der Waals surface area contributed by atoms with E-state index in [-0.39, 0.29) is 0 Å². The van der Waals surface area contributed by atoms with Crippen molar-refractivity contribution in [2.75, 3.05) is 0 Å². The molecule has 5 aromatic carbocycles. The minimum absolute atomic E-state index is 0.668. The number of nitrogens with zero attached hydrogens (tertiary/aromatic N) is 3. The van der Waals surface area contributed by atoms with Crippen molar-refractivity contribution in [3.8, 4) is 56.4 Å². The molecule has 6 aromatic rings. The summed E-state index contributed by atoms with van der Waals surface area (Å²) < 4.78 is 0. The van der Waals surface area contributed by atoms with Crippen molar-refractivity contribution in [1.29, 1.82) is 0 Å². The predicted molar refractivity (Wildman–Crippen MR) is 250 cm³/mol. The highest BCUT2D eigenvalue weighted by Gasteiger charge is 2.23. The molecular weight excluding hydrogens is 727 g/mol. The van der Waals surface area contributed by atoms with Crippen LogP contribution < -0.4 is 0 Å². The summed E-state index contributed by atoms with van der Waals surface area (Å²) in [5, 5.41) is 0. The van der Waals surface area contributed by atoms with Gasteiger partial charge < -0.3 is 0 Å². The first kappa shape index (κ1) is 39.3. The van der Waals surface area contributed by atoms with E-state index in [0.717, 1.165) is 34.2 Å². The van der Waals surface area contributed by atoms with E-state index in [1.807, 2.05) is 0 Å². The first-order chi connectivity index (χ1) is 29.7. The molecule has 4 saturated carbocycles. The maximum Gasteiger partial charge on any atom is 0.164 e. The van der Waals surface area contributed by atoms with E-state index in [1.54, 1.807) is 11.1 Å². The van der Waals surface area contributed by atoms with Crippen LogP contribution in [0, 0.1) is 0 Å². The van der Waals surface area contributed by atoms with Crippen LogP contribution in [0.1, 0.15) is 174 Å². The quantitative estimate of drug-likeness (QED) is 0.146. The van der Waals surface area contributed by atoms with Crippen molar-refractivity contribution >= 4 is 0 Å². The summed E-state index contributed by atoms with van der Waals surface area (Å²) in [6.45, 7) is 0. The zero-order chi connectivity index (χ0) is 40.1. The molecule has 3 nitrogen and oxygen atoms in total. The normalized spacial score (nSPS) is 18.7. The molecule has 0 atom stereocenters. The molecule has 0 saturated heterocycles. The lowest BCUT2D eigenvalue weighted by Gasteiger charge is -2.27. The second-order valence-corrected chi connectivity index (χ2v) is 18.9. The number of rotatable bonds is 9. The van der Waals surface area contributed by atoms with Crippen molar-refractivity contribution in [2.45, 2.75) is 152 Å². The molecular formula is C57H63N3. The van der Waals surface area contributed by atoms with Crippen molar-refractivity contribution in [3.63, 3.8) is 0 Å². The molecule has 0 bridgehead atoms. The maximum absolute atomic E-state index is 5.22. The van der Waals surface area contributed by atoms with Crippen LogP contribution in [0.15, 0.2) is 115 Å². The fourth-order valence-electron chi connectivity index (χ4n) is 11.3. The van der Waals surface area contributed by atoms with Crippen molar-refractivity contribution in [1.82, 2.24) is 15.0 Å². The first-order valence-corrected chi connectivity index (χ1v) is 24.0.